The zero-order chi connectivity index (χ0) is 10.4. The summed E-state index contributed by atoms with van der Waals surface area (Å²) in [5.74, 6) is 0.739. The van der Waals surface area contributed by atoms with Gasteiger partial charge >= 0.3 is 0 Å². The van der Waals surface area contributed by atoms with Gasteiger partial charge in [-0.3, -0.25) is 0 Å². The van der Waals surface area contributed by atoms with Gasteiger partial charge in [-0.05, 0) is 30.8 Å². The highest BCUT2D eigenvalue weighted by Gasteiger charge is 2.05. The zero-order valence-electron chi connectivity index (χ0n) is 8.87. The second-order valence-electron chi connectivity index (χ2n) is 3.85. The van der Waals surface area contributed by atoms with E-state index in [2.05, 4.69) is 52.3 Å². The van der Waals surface area contributed by atoms with Crippen molar-refractivity contribution in [2.45, 2.75) is 13.3 Å². The predicted octanol–water partition coefficient (Wildman–Crippen LogP) is 3.25. The van der Waals surface area contributed by atoms with Crippen LogP contribution in [-0.4, -0.2) is 30.4 Å². The van der Waals surface area contributed by atoms with Crippen molar-refractivity contribution >= 4 is 27.3 Å². The molecule has 1 rings (SSSR count). The van der Waals surface area contributed by atoms with Crippen LogP contribution in [0.15, 0.2) is 17.5 Å². The molecule has 1 aromatic rings. The van der Waals surface area contributed by atoms with Gasteiger partial charge < -0.3 is 4.90 Å². The van der Waals surface area contributed by atoms with Crippen LogP contribution in [0.25, 0.3) is 0 Å². The van der Waals surface area contributed by atoms with E-state index in [0.717, 1.165) is 17.8 Å². The summed E-state index contributed by atoms with van der Waals surface area (Å²) in [6.45, 7) is 4.62. The molecule has 1 atom stereocenters. The summed E-state index contributed by atoms with van der Waals surface area (Å²) in [5.41, 5.74) is 0. The Labute approximate surface area is 99.3 Å². The maximum Gasteiger partial charge on any atom is 0.00692 e. The van der Waals surface area contributed by atoms with Crippen molar-refractivity contribution in [2.75, 3.05) is 25.5 Å². The molecule has 0 bridgehead atoms. The van der Waals surface area contributed by atoms with Crippen molar-refractivity contribution in [1.82, 2.24) is 4.90 Å². The standard InChI is InChI=1S/C11H18BrNS/c1-10(8-12)9-13(2)6-5-11-4-3-7-14-11/h3-4,7,10H,5-6,8-9H2,1-2H3. The van der Waals surface area contributed by atoms with Gasteiger partial charge in [-0.1, -0.05) is 28.9 Å². The first kappa shape index (κ1) is 12.2. The molecule has 3 heteroatoms. The smallest absolute Gasteiger partial charge is 0.00692 e. The SMILES string of the molecule is CC(CBr)CN(C)CCc1cccs1. The third-order valence-electron chi connectivity index (χ3n) is 2.21. The third-order valence-corrected chi connectivity index (χ3v) is 4.25. The van der Waals surface area contributed by atoms with Crippen LogP contribution in [0, 0.1) is 5.92 Å². The highest BCUT2D eigenvalue weighted by Crippen LogP contribution is 2.10. The molecular weight excluding hydrogens is 258 g/mol. The second-order valence-corrected chi connectivity index (χ2v) is 5.53. The molecule has 0 fully saturated rings. The van der Waals surface area contributed by atoms with E-state index in [0.29, 0.717) is 0 Å². The largest absolute Gasteiger partial charge is 0.306 e. The van der Waals surface area contributed by atoms with E-state index in [9.17, 15) is 0 Å². The fraction of sp³-hybridized carbons (Fsp3) is 0.636. The molecule has 1 unspecified atom stereocenters. The lowest BCUT2D eigenvalue weighted by molar-refractivity contribution is 0.302. The van der Waals surface area contributed by atoms with Crippen molar-refractivity contribution in [2.24, 2.45) is 5.92 Å². The van der Waals surface area contributed by atoms with E-state index in [-0.39, 0.29) is 0 Å². The Kier molecular flexibility index (Phi) is 5.75. The quantitative estimate of drug-likeness (QED) is 0.721. The van der Waals surface area contributed by atoms with Crippen LogP contribution in [0.4, 0.5) is 0 Å². The fourth-order valence-corrected chi connectivity index (χ4v) is 2.33. The van der Waals surface area contributed by atoms with Crippen LogP contribution in [0.2, 0.25) is 0 Å². The normalized spacial score (nSPS) is 13.4. The molecule has 0 saturated heterocycles. The Bertz CT molecular complexity index is 235. The fourth-order valence-electron chi connectivity index (χ4n) is 1.43. The van der Waals surface area contributed by atoms with E-state index in [1.165, 1.54) is 17.8 Å². The molecule has 0 saturated carbocycles. The van der Waals surface area contributed by atoms with E-state index < -0.39 is 0 Å². The zero-order valence-corrected chi connectivity index (χ0v) is 11.3. The first-order valence-electron chi connectivity index (χ1n) is 4.99. The summed E-state index contributed by atoms with van der Waals surface area (Å²) < 4.78 is 0. The minimum Gasteiger partial charge on any atom is -0.306 e. The van der Waals surface area contributed by atoms with Crippen molar-refractivity contribution in [3.63, 3.8) is 0 Å². The molecule has 80 valence electrons. The maximum atomic E-state index is 3.51. The maximum absolute atomic E-state index is 3.51. The molecule has 0 aliphatic rings. The van der Waals surface area contributed by atoms with Gasteiger partial charge in [0.05, 0.1) is 0 Å². The van der Waals surface area contributed by atoms with Crippen LogP contribution < -0.4 is 0 Å². The molecule has 0 N–H and O–H groups in total. The van der Waals surface area contributed by atoms with Crippen LogP contribution in [0.1, 0.15) is 11.8 Å². The van der Waals surface area contributed by atoms with E-state index >= 15 is 0 Å². The number of halogens is 1. The number of rotatable bonds is 6. The monoisotopic (exact) mass is 275 g/mol. The molecule has 0 amide bonds. The third kappa shape index (κ3) is 4.58. The van der Waals surface area contributed by atoms with Gasteiger partial charge in [0, 0.05) is 23.3 Å². The molecule has 14 heavy (non-hydrogen) atoms. The van der Waals surface area contributed by atoms with Crippen molar-refractivity contribution in [3.05, 3.63) is 22.4 Å². The Balaban J connectivity index is 2.18. The van der Waals surface area contributed by atoms with Gasteiger partial charge in [0.1, 0.15) is 0 Å². The molecule has 0 spiro atoms. The van der Waals surface area contributed by atoms with Gasteiger partial charge in [-0.2, -0.15) is 0 Å². The number of nitrogens with zero attached hydrogens (tertiary/aromatic N) is 1. The van der Waals surface area contributed by atoms with Gasteiger partial charge in [-0.15, -0.1) is 11.3 Å². The highest BCUT2D eigenvalue weighted by atomic mass is 79.9. The van der Waals surface area contributed by atoms with Gasteiger partial charge in [0.2, 0.25) is 0 Å². The molecule has 0 aromatic carbocycles. The van der Waals surface area contributed by atoms with Gasteiger partial charge in [-0.25, -0.2) is 0 Å². The van der Waals surface area contributed by atoms with Crippen molar-refractivity contribution < 1.29 is 0 Å². The Morgan fingerprint density at radius 1 is 1.57 bits per heavy atom. The number of alkyl halides is 1. The van der Waals surface area contributed by atoms with E-state index in [4.69, 9.17) is 0 Å². The van der Waals surface area contributed by atoms with Gasteiger partial charge in [0.25, 0.3) is 0 Å². The molecule has 1 nitrogen and oxygen atoms in total. The highest BCUT2D eigenvalue weighted by molar-refractivity contribution is 9.09. The van der Waals surface area contributed by atoms with Gasteiger partial charge in [0.15, 0.2) is 0 Å². The first-order valence-corrected chi connectivity index (χ1v) is 6.99. The topological polar surface area (TPSA) is 3.24 Å². The molecule has 1 aromatic heterocycles. The Morgan fingerprint density at radius 3 is 2.93 bits per heavy atom. The summed E-state index contributed by atoms with van der Waals surface area (Å²) in [6, 6.07) is 4.34. The molecular formula is C11H18BrNS. The lowest BCUT2D eigenvalue weighted by Gasteiger charge is -2.19. The number of thiophene rings is 1. The summed E-state index contributed by atoms with van der Waals surface area (Å²) in [4.78, 5) is 3.90. The summed E-state index contributed by atoms with van der Waals surface area (Å²) in [7, 11) is 2.20. The lowest BCUT2D eigenvalue weighted by atomic mass is 10.2. The van der Waals surface area contributed by atoms with Crippen molar-refractivity contribution in [1.29, 1.82) is 0 Å². The molecule has 0 aliphatic heterocycles. The number of hydrogen-bond acceptors (Lipinski definition) is 2. The van der Waals surface area contributed by atoms with Crippen LogP contribution in [0.5, 0.6) is 0 Å². The van der Waals surface area contributed by atoms with Crippen LogP contribution in [-0.2, 0) is 6.42 Å². The molecule has 0 aliphatic carbocycles. The summed E-state index contributed by atoms with van der Waals surface area (Å²) in [6.07, 6.45) is 1.18. The summed E-state index contributed by atoms with van der Waals surface area (Å²) >= 11 is 5.36. The van der Waals surface area contributed by atoms with Crippen LogP contribution in [0.3, 0.4) is 0 Å². The molecule has 0 radical (unpaired) electrons. The Hall–Kier alpha value is 0.140. The average Bonchev–Trinajstić information content (AvgIpc) is 2.67. The molecule has 1 heterocycles. The van der Waals surface area contributed by atoms with E-state index in [1.54, 1.807) is 0 Å². The minimum absolute atomic E-state index is 0.739. The van der Waals surface area contributed by atoms with E-state index in [1.807, 2.05) is 11.3 Å². The predicted molar refractivity (Wildman–Crippen MR) is 68.5 cm³/mol. The average molecular weight is 276 g/mol. The number of likely N-dealkylation sites (N-methyl/N-ethyl adjacent to an activating group) is 1. The van der Waals surface area contributed by atoms with Crippen LogP contribution >= 0.6 is 27.3 Å². The van der Waals surface area contributed by atoms with Crippen molar-refractivity contribution in [3.8, 4) is 0 Å². The first-order chi connectivity index (χ1) is 6.72. The lowest BCUT2D eigenvalue weighted by Crippen LogP contribution is -2.27. The second kappa shape index (κ2) is 6.59. The Morgan fingerprint density at radius 2 is 2.36 bits per heavy atom. The number of hydrogen-bond donors (Lipinski definition) is 0. The minimum atomic E-state index is 0.739. The summed E-state index contributed by atoms with van der Waals surface area (Å²) in [5, 5.41) is 3.24.